The summed E-state index contributed by atoms with van der Waals surface area (Å²) in [6, 6.07) is 12.1. The zero-order valence-corrected chi connectivity index (χ0v) is 24.9. The highest BCUT2D eigenvalue weighted by Gasteiger charge is 2.44. The smallest absolute Gasteiger partial charge is 0.238 e. The van der Waals surface area contributed by atoms with E-state index < -0.39 is 22.3 Å². The Bertz CT molecular complexity index is 1400. The molecule has 1 N–H and O–H groups in total. The molecule has 1 saturated carbocycles. The van der Waals surface area contributed by atoms with E-state index in [1.807, 2.05) is 49.2 Å². The van der Waals surface area contributed by atoms with Gasteiger partial charge >= 0.3 is 0 Å². The molecule has 2 heterocycles. The van der Waals surface area contributed by atoms with Gasteiger partial charge in [-0.1, -0.05) is 6.07 Å². The standard InChI is InChI=1S/C31H34ClF2N3O3S/c1-4-40-26-16-19(13-14-36-26)18-5-12-25(39-3)20(15-18)17-37(22-8-6-21(35-2)7-9-22)31(38)30-28(32)27-23(33)10-11-24(34)29(27)41-30/h5,10-16,21-22,28,30,35H,4,6-9,17H2,1-3H3/t21-,22-,28?,30?. The number of thioether (sulfide) groups is 1. The highest BCUT2D eigenvalue weighted by Crippen LogP contribution is 2.51. The second-order valence-electron chi connectivity index (χ2n) is 10.3. The summed E-state index contributed by atoms with van der Waals surface area (Å²) in [4.78, 5) is 20.5. The van der Waals surface area contributed by atoms with Crippen LogP contribution in [0.1, 0.15) is 49.1 Å². The Balaban J connectivity index is 1.48. The normalized spacial score (nSPS) is 21.8. The molecule has 3 aromatic rings. The maximum atomic E-state index is 14.7. The van der Waals surface area contributed by atoms with Crippen LogP contribution >= 0.6 is 23.4 Å². The van der Waals surface area contributed by atoms with E-state index in [0.717, 1.165) is 66.3 Å². The van der Waals surface area contributed by atoms with E-state index in [4.69, 9.17) is 21.1 Å². The summed E-state index contributed by atoms with van der Waals surface area (Å²) in [5.74, 6) is -0.203. The number of nitrogens with one attached hydrogen (secondary N) is 1. The summed E-state index contributed by atoms with van der Waals surface area (Å²) in [5, 5.41) is 1.52. The molecule has 1 aliphatic heterocycles. The van der Waals surface area contributed by atoms with E-state index in [1.165, 1.54) is 0 Å². The number of nitrogens with zero attached hydrogens (tertiary/aromatic N) is 2. The van der Waals surface area contributed by atoms with Crippen molar-refractivity contribution >= 4 is 29.3 Å². The monoisotopic (exact) mass is 601 g/mol. The zero-order chi connectivity index (χ0) is 29.1. The molecule has 6 nitrogen and oxygen atoms in total. The van der Waals surface area contributed by atoms with Crippen LogP contribution in [0.4, 0.5) is 8.78 Å². The van der Waals surface area contributed by atoms with Crippen LogP contribution in [0.15, 0.2) is 53.6 Å². The van der Waals surface area contributed by atoms with Crippen molar-refractivity contribution in [3.63, 3.8) is 0 Å². The maximum absolute atomic E-state index is 14.7. The Morgan fingerprint density at radius 2 is 1.83 bits per heavy atom. The number of hydrogen-bond donors (Lipinski definition) is 1. The van der Waals surface area contributed by atoms with Crippen molar-refractivity contribution in [2.75, 3.05) is 20.8 Å². The van der Waals surface area contributed by atoms with E-state index >= 15 is 0 Å². The van der Waals surface area contributed by atoms with Crippen molar-refractivity contribution in [2.24, 2.45) is 0 Å². The largest absolute Gasteiger partial charge is 0.496 e. The summed E-state index contributed by atoms with van der Waals surface area (Å²) in [6.45, 7) is 2.69. The van der Waals surface area contributed by atoms with Gasteiger partial charge in [-0.2, -0.15) is 0 Å². The first-order valence-corrected chi connectivity index (χ1v) is 15.2. The minimum Gasteiger partial charge on any atom is -0.496 e. The van der Waals surface area contributed by atoms with Gasteiger partial charge in [-0.05, 0) is 81.1 Å². The van der Waals surface area contributed by atoms with Crippen LogP contribution < -0.4 is 14.8 Å². The van der Waals surface area contributed by atoms with Crippen molar-refractivity contribution in [1.82, 2.24) is 15.2 Å². The Kier molecular flexibility index (Phi) is 9.36. The van der Waals surface area contributed by atoms with Gasteiger partial charge in [-0.3, -0.25) is 4.79 Å². The highest BCUT2D eigenvalue weighted by molar-refractivity contribution is 8.01. The van der Waals surface area contributed by atoms with Gasteiger partial charge in [0, 0.05) is 42.0 Å². The number of rotatable bonds is 9. The molecule has 5 rings (SSSR count). The van der Waals surface area contributed by atoms with Crippen LogP contribution in [-0.2, 0) is 11.3 Å². The van der Waals surface area contributed by atoms with Crippen molar-refractivity contribution in [1.29, 1.82) is 0 Å². The summed E-state index contributed by atoms with van der Waals surface area (Å²) < 4.78 is 40.6. The molecule has 10 heteroatoms. The number of ether oxygens (including phenoxy) is 2. The number of alkyl halides is 1. The number of aromatic nitrogens is 1. The Morgan fingerprint density at radius 3 is 2.51 bits per heavy atom. The fourth-order valence-corrected chi connectivity index (χ4v) is 7.56. The Labute approximate surface area is 248 Å². The number of pyridine rings is 1. The topological polar surface area (TPSA) is 63.7 Å². The first kappa shape index (κ1) is 29.6. The SMILES string of the molecule is CCOc1cc(-c2ccc(OC)c(CN(C(=O)C3Sc4c(F)ccc(F)c4C3Cl)[C@H]3CC[C@H](NC)CC3)c2)ccn1. The zero-order valence-electron chi connectivity index (χ0n) is 23.3. The number of methoxy groups -OCH3 is 1. The third-order valence-corrected chi connectivity index (χ3v) is 9.93. The Hall–Kier alpha value is -2.88. The summed E-state index contributed by atoms with van der Waals surface area (Å²) in [7, 11) is 3.56. The van der Waals surface area contributed by atoms with Gasteiger partial charge in [0.05, 0.1) is 24.0 Å². The van der Waals surface area contributed by atoms with E-state index in [-0.39, 0.29) is 29.0 Å². The van der Waals surface area contributed by atoms with Gasteiger partial charge in [0.2, 0.25) is 11.8 Å². The van der Waals surface area contributed by atoms with E-state index in [9.17, 15) is 13.6 Å². The molecule has 1 fully saturated rings. The molecule has 2 aromatic carbocycles. The summed E-state index contributed by atoms with van der Waals surface area (Å²) >= 11 is 7.70. The first-order valence-electron chi connectivity index (χ1n) is 13.9. The fraction of sp³-hybridized carbons (Fsp3) is 0.419. The summed E-state index contributed by atoms with van der Waals surface area (Å²) in [5.41, 5.74) is 2.75. The molecule has 2 unspecified atom stereocenters. The average Bonchev–Trinajstić information content (AvgIpc) is 3.36. The third-order valence-electron chi connectivity index (χ3n) is 7.93. The molecule has 0 bridgehead atoms. The molecule has 218 valence electrons. The van der Waals surface area contributed by atoms with Gasteiger partial charge in [-0.25, -0.2) is 13.8 Å². The Morgan fingerprint density at radius 1 is 1.10 bits per heavy atom. The maximum Gasteiger partial charge on any atom is 0.238 e. The molecule has 0 radical (unpaired) electrons. The molecular weight excluding hydrogens is 568 g/mol. The predicted molar refractivity (Wildman–Crippen MR) is 158 cm³/mol. The molecular formula is C31H34ClF2N3O3S. The van der Waals surface area contributed by atoms with Gasteiger partial charge in [0.15, 0.2) is 0 Å². The number of hydrogen-bond acceptors (Lipinski definition) is 6. The minimum atomic E-state index is -0.976. The van der Waals surface area contributed by atoms with Crippen molar-refractivity contribution in [3.05, 3.63) is 71.4 Å². The second kappa shape index (κ2) is 13.0. The molecule has 1 aliphatic carbocycles. The predicted octanol–water partition coefficient (Wildman–Crippen LogP) is 6.75. The number of carbonyl (C=O) groups is 1. The number of amides is 1. The molecule has 1 amide bonds. The van der Waals surface area contributed by atoms with Crippen LogP contribution in [-0.4, -0.2) is 53.9 Å². The van der Waals surface area contributed by atoms with Crippen LogP contribution in [0, 0.1) is 11.6 Å². The van der Waals surface area contributed by atoms with Crippen molar-refractivity contribution in [2.45, 2.75) is 66.8 Å². The highest BCUT2D eigenvalue weighted by atomic mass is 35.5. The van der Waals surface area contributed by atoms with Crippen molar-refractivity contribution < 1.29 is 23.0 Å². The molecule has 1 aromatic heterocycles. The number of carbonyl (C=O) groups excluding carboxylic acids is 1. The molecule has 41 heavy (non-hydrogen) atoms. The van der Waals surface area contributed by atoms with Crippen LogP contribution in [0.25, 0.3) is 11.1 Å². The quantitative estimate of drug-likeness (QED) is 0.274. The fourth-order valence-electron chi connectivity index (χ4n) is 5.75. The second-order valence-corrected chi connectivity index (χ2v) is 11.9. The van der Waals surface area contributed by atoms with Crippen LogP contribution in [0.3, 0.4) is 0 Å². The van der Waals surface area contributed by atoms with Crippen molar-refractivity contribution in [3.8, 4) is 22.8 Å². The van der Waals surface area contributed by atoms with E-state index in [1.54, 1.807) is 13.3 Å². The van der Waals surface area contributed by atoms with Gasteiger partial charge in [0.1, 0.15) is 22.6 Å². The number of benzene rings is 2. The first-order chi connectivity index (χ1) is 19.8. The lowest BCUT2D eigenvalue weighted by atomic mass is 9.89. The molecule has 2 aliphatic rings. The average molecular weight is 602 g/mol. The number of halogens is 3. The lowest BCUT2D eigenvalue weighted by molar-refractivity contribution is -0.134. The molecule has 0 spiro atoms. The lowest BCUT2D eigenvalue weighted by Gasteiger charge is -2.38. The van der Waals surface area contributed by atoms with Gasteiger partial charge < -0.3 is 19.7 Å². The van der Waals surface area contributed by atoms with Crippen LogP contribution in [0.2, 0.25) is 0 Å². The molecule has 2 atom stereocenters. The van der Waals surface area contributed by atoms with Gasteiger partial charge in [0.25, 0.3) is 0 Å². The third kappa shape index (κ3) is 6.17. The van der Waals surface area contributed by atoms with E-state index in [0.29, 0.717) is 24.3 Å². The van der Waals surface area contributed by atoms with Crippen LogP contribution in [0.5, 0.6) is 11.6 Å². The number of fused-ring (bicyclic) bond motifs is 1. The lowest BCUT2D eigenvalue weighted by Crippen LogP contribution is -2.47. The molecule has 0 saturated heterocycles. The van der Waals surface area contributed by atoms with E-state index in [2.05, 4.69) is 10.3 Å². The van der Waals surface area contributed by atoms with Gasteiger partial charge in [-0.15, -0.1) is 23.4 Å². The summed E-state index contributed by atoms with van der Waals surface area (Å²) in [6.07, 6.45) is 5.16. The minimum absolute atomic E-state index is 0.0474.